The van der Waals surface area contributed by atoms with E-state index >= 15 is 0 Å². The molecule has 0 saturated heterocycles. The van der Waals surface area contributed by atoms with Gasteiger partial charge in [0, 0.05) is 36.4 Å². The number of hydrogen-bond donors (Lipinski definition) is 2. The number of hydrogen-bond acceptors (Lipinski definition) is 2. The van der Waals surface area contributed by atoms with Crippen LogP contribution in [0.2, 0.25) is 0 Å². The van der Waals surface area contributed by atoms with Crippen LogP contribution in [0.1, 0.15) is 22.8 Å². The summed E-state index contributed by atoms with van der Waals surface area (Å²) in [6, 6.07) is 14.3. The van der Waals surface area contributed by atoms with Crippen molar-refractivity contribution in [3.8, 4) is 0 Å². The first-order chi connectivity index (χ1) is 10.2. The molecule has 2 heterocycles. The topological polar surface area (TPSA) is 39.3 Å². The minimum absolute atomic E-state index is 0.583. The summed E-state index contributed by atoms with van der Waals surface area (Å²) in [4.78, 5) is 5.46. The van der Waals surface area contributed by atoms with Crippen LogP contribution in [0.5, 0.6) is 0 Å². The monoisotopic (exact) mass is 278 g/mol. The molecule has 2 N–H and O–H groups in total. The van der Waals surface area contributed by atoms with E-state index in [9.17, 15) is 5.11 Å². The molecule has 106 valence electrons. The second-order valence-electron chi connectivity index (χ2n) is 5.75. The highest BCUT2D eigenvalue weighted by molar-refractivity contribution is 5.83. The maximum Gasteiger partial charge on any atom is 0.105 e. The van der Waals surface area contributed by atoms with Crippen LogP contribution in [-0.2, 0) is 6.42 Å². The fraction of sp³-hybridized carbons (Fsp3) is 0.222. The Hall–Kier alpha value is -2.26. The highest BCUT2D eigenvalue weighted by Gasteiger charge is 2.19. The van der Waals surface area contributed by atoms with Crippen molar-refractivity contribution in [3.63, 3.8) is 0 Å². The van der Waals surface area contributed by atoms with Gasteiger partial charge in [-0.25, -0.2) is 0 Å². The fourth-order valence-corrected chi connectivity index (χ4v) is 3.28. The predicted octanol–water partition coefficient (Wildman–Crippen LogP) is 3.24. The van der Waals surface area contributed by atoms with Gasteiger partial charge in [0.05, 0.1) is 0 Å². The van der Waals surface area contributed by atoms with Crippen LogP contribution < -0.4 is 4.90 Å². The Morgan fingerprint density at radius 1 is 1.19 bits per heavy atom. The Labute approximate surface area is 123 Å². The minimum Gasteiger partial charge on any atom is -0.384 e. The number of likely N-dealkylation sites (N-methyl/N-ethyl adjacent to an activating group) is 1. The second kappa shape index (κ2) is 4.64. The number of nitrogens with zero attached hydrogens (tertiary/aromatic N) is 1. The number of rotatable bonds is 2. The van der Waals surface area contributed by atoms with Crippen molar-refractivity contribution in [2.45, 2.75) is 12.5 Å². The van der Waals surface area contributed by atoms with Gasteiger partial charge < -0.3 is 15.0 Å². The number of benzene rings is 2. The molecule has 0 fully saturated rings. The summed E-state index contributed by atoms with van der Waals surface area (Å²) >= 11 is 0. The normalized spacial score (nSPS) is 15.4. The molecule has 1 aliphatic heterocycles. The van der Waals surface area contributed by atoms with Crippen molar-refractivity contribution in [2.75, 3.05) is 18.5 Å². The number of nitrogens with one attached hydrogen (secondary N) is 1. The Kier molecular flexibility index (Phi) is 2.76. The van der Waals surface area contributed by atoms with E-state index in [4.69, 9.17) is 0 Å². The van der Waals surface area contributed by atoms with E-state index in [-0.39, 0.29) is 0 Å². The summed E-state index contributed by atoms with van der Waals surface area (Å²) in [6.45, 7) is 1.06. The van der Waals surface area contributed by atoms with Crippen LogP contribution in [0.3, 0.4) is 0 Å². The molecule has 1 aliphatic rings. The van der Waals surface area contributed by atoms with Gasteiger partial charge in [0.25, 0.3) is 0 Å². The van der Waals surface area contributed by atoms with E-state index in [1.165, 1.54) is 11.3 Å². The minimum atomic E-state index is -0.583. The second-order valence-corrected chi connectivity index (χ2v) is 5.75. The number of aromatic nitrogens is 1. The number of aromatic amines is 1. The summed E-state index contributed by atoms with van der Waals surface area (Å²) in [5.74, 6) is 0. The average molecular weight is 278 g/mol. The molecule has 21 heavy (non-hydrogen) atoms. The zero-order valence-corrected chi connectivity index (χ0v) is 12.0. The molecule has 3 aromatic rings. The van der Waals surface area contributed by atoms with E-state index in [0.717, 1.165) is 35.0 Å². The lowest BCUT2D eigenvalue weighted by Crippen LogP contribution is -2.12. The fourth-order valence-electron chi connectivity index (χ4n) is 3.28. The van der Waals surface area contributed by atoms with Crippen LogP contribution >= 0.6 is 0 Å². The van der Waals surface area contributed by atoms with Crippen LogP contribution in [-0.4, -0.2) is 23.7 Å². The molecule has 0 spiro atoms. The van der Waals surface area contributed by atoms with E-state index in [0.29, 0.717) is 0 Å². The molecule has 0 saturated carbocycles. The summed E-state index contributed by atoms with van der Waals surface area (Å²) in [5.41, 5.74) is 5.60. The summed E-state index contributed by atoms with van der Waals surface area (Å²) in [5, 5.41) is 11.9. The first kappa shape index (κ1) is 12.5. The van der Waals surface area contributed by atoms with Gasteiger partial charge in [-0.05, 0) is 41.3 Å². The van der Waals surface area contributed by atoms with Gasteiger partial charge in [-0.2, -0.15) is 0 Å². The molecule has 0 amide bonds. The van der Waals surface area contributed by atoms with Gasteiger partial charge in [-0.15, -0.1) is 0 Å². The molecule has 0 bridgehead atoms. The molecular formula is C18H18N2O. The van der Waals surface area contributed by atoms with Crippen molar-refractivity contribution in [2.24, 2.45) is 0 Å². The maximum atomic E-state index is 10.8. The quantitative estimate of drug-likeness (QED) is 0.755. The van der Waals surface area contributed by atoms with E-state index in [2.05, 4.69) is 29.1 Å². The molecule has 1 atom stereocenters. The van der Waals surface area contributed by atoms with E-state index < -0.39 is 6.10 Å². The average Bonchev–Trinajstić information content (AvgIpc) is 3.13. The highest BCUT2D eigenvalue weighted by Crippen LogP contribution is 2.33. The van der Waals surface area contributed by atoms with E-state index in [1.54, 1.807) is 0 Å². The molecule has 0 aliphatic carbocycles. The van der Waals surface area contributed by atoms with E-state index in [1.807, 2.05) is 36.5 Å². The van der Waals surface area contributed by atoms with Crippen molar-refractivity contribution < 1.29 is 5.11 Å². The van der Waals surface area contributed by atoms with Gasteiger partial charge in [-0.3, -0.25) is 0 Å². The Bertz CT molecular complexity index is 806. The Morgan fingerprint density at radius 2 is 2.10 bits per heavy atom. The lowest BCUT2D eigenvalue weighted by Gasteiger charge is -2.16. The zero-order chi connectivity index (χ0) is 14.4. The molecule has 4 rings (SSSR count). The van der Waals surface area contributed by atoms with Crippen LogP contribution in [0.15, 0.2) is 48.7 Å². The van der Waals surface area contributed by atoms with Crippen molar-refractivity contribution in [3.05, 3.63) is 65.4 Å². The SMILES string of the molecule is CN1CCc2cc(C(O)c3cccc4[nH]ccc34)ccc21. The molecule has 3 nitrogen and oxygen atoms in total. The molecule has 1 unspecified atom stereocenters. The predicted molar refractivity (Wildman–Crippen MR) is 85.8 cm³/mol. The summed E-state index contributed by atoms with van der Waals surface area (Å²) in [7, 11) is 2.11. The first-order valence-electron chi connectivity index (χ1n) is 7.32. The van der Waals surface area contributed by atoms with Crippen molar-refractivity contribution in [1.29, 1.82) is 0 Å². The van der Waals surface area contributed by atoms with Crippen LogP contribution in [0, 0.1) is 0 Å². The Balaban J connectivity index is 1.78. The molecule has 2 aromatic carbocycles. The Morgan fingerprint density at radius 3 is 3.00 bits per heavy atom. The summed E-state index contributed by atoms with van der Waals surface area (Å²) in [6.07, 6.45) is 2.39. The van der Waals surface area contributed by atoms with Gasteiger partial charge in [0.15, 0.2) is 0 Å². The van der Waals surface area contributed by atoms with Gasteiger partial charge >= 0.3 is 0 Å². The number of fused-ring (bicyclic) bond motifs is 2. The highest BCUT2D eigenvalue weighted by atomic mass is 16.3. The number of aliphatic hydroxyl groups excluding tert-OH is 1. The van der Waals surface area contributed by atoms with Gasteiger partial charge in [0.2, 0.25) is 0 Å². The van der Waals surface area contributed by atoms with Crippen LogP contribution in [0.4, 0.5) is 5.69 Å². The third-order valence-electron chi connectivity index (χ3n) is 4.47. The maximum absolute atomic E-state index is 10.8. The van der Waals surface area contributed by atoms with Crippen molar-refractivity contribution in [1.82, 2.24) is 4.98 Å². The number of H-pyrrole nitrogens is 1. The van der Waals surface area contributed by atoms with Crippen LogP contribution in [0.25, 0.3) is 10.9 Å². The smallest absolute Gasteiger partial charge is 0.105 e. The lowest BCUT2D eigenvalue weighted by molar-refractivity contribution is 0.222. The summed E-state index contributed by atoms with van der Waals surface area (Å²) < 4.78 is 0. The third-order valence-corrected chi connectivity index (χ3v) is 4.47. The number of anilines is 1. The van der Waals surface area contributed by atoms with Crippen molar-refractivity contribution >= 4 is 16.6 Å². The van der Waals surface area contributed by atoms with Gasteiger partial charge in [-0.1, -0.05) is 24.3 Å². The molecular weight excluding hydrogens is 260 g/mol. The zero-order valence-electron chi connectivity index (χ0n) is 12.0. The third kappa shape index (κ3) is 1.93. The first-order valence-corrected chi connectivity index (χ1v) is 7.32. The largest absolute Gasteiger partial charge is 0.384 e. The molecule has 3 heteroatoms. The number of aliphatic hydroxyl groups is 1. The standard InChI is InChI=1S/C18H18N2O/c1-20-10-8-12-11-13(5-6-17(12)20)18(21)15-3-2-4-16-14(15)7-9-19-16/h2-7,9,11,18-19,21H,8,10H2,1H3. The molecule has 1 aromatic heterocycles. The lowest BCUT2D eigenvalue weighted by atomic mass is 9.96. The molecule has 0 radical (unpaired) electrons. The van der Waals surface area contributed by atoms with Gasteiger partial charge in [0.1, 0.15) is 6.10 Å².